The monoisotopic (exact) mass is 301 g/mol. The first-order valence-corrected chi connectivity index (χ1v) is 8.40. The molecule has 112 valence electrons. The smallest absolute Gasteiger partial charge is 0.127 e. The lowest BCUT2D eigenvalue weighted by Crippen LogP contribution is -2.18. The summed E-state index contributed by atoms with van der Waals surface area (Å²) in [5.41, 5.74) is 5.31. The highest BCUT2D eigenvalue weighted by atomic mass is 32.1. The van der Waals surface area contributed by atoms with E-state index < -0.39 is 0 Å². The van der Waals surface area contributed by atoms with Gasteiger partial charge in [0.05, 0.1) is 13.2 Å². The molecular formula is C18H23NOS. The van der Waals surface area contributed by atoms with Crippen molar-refractivity contribution in [3.63, 3.8) is 0 Å². The maximum atomic E-state index is 5.70. The molecule has 0 saturated carbocycles. The van der Waals surface area contributed by atoms with Crippen LogP contribution in [0.25, 0.3) is 0 Å². The third kappa shape index (κ3) is 2.49. The Morgan fingerprint density at radius 1 is 1.24 bits per heavy atom. The van der Waals surface area contributed by atoms with E-state index in [0.29, 0.717) is 0 Å². The summed E-state index contributed by atoms with van der Waals surface area (Å²) in [7, 11) is 3.80. The molecule has 1 N–H and O–H groups in total. The van der Waals surface area contributed by atoms with E-state index in [2.05, 4.69) is 37.4 Å². The van der Waals surface area contributed by atoms with Gasteiger partial charge in [-0.2, -0.15) is 0 Å². The molecule has 1 aliphatic carbocycles. The van der Waals surface area contributed by atoms with Crippen LogP contribution in [0.5, 0.6) is 5.75 Å². The predicted molar refractivity (Wildman–Crippen MR) is 89.7 cm³/mol. The van der Waals surface area contributed by atoms with Gasteiger partial charge in [-0.05, 0) is 62.9 Å². The van der Waals surface area contributed by atoms with Gasteiger partial charge in [0, 0.05) is 15.3 Å². The quantitative estimate of drug-likeness (QED) is 0.915. The molecular weight excluding hydrogens is 278 g/mol. The molecule has 21 heavy (non-hydrogen) atoms. The number of methoxy groups -OCH3 is 1. The summed E-state index contributed by atoms with van der Waals surface area (Å²) in [6, 6.07) is 7.00. The maximum absolute atomic E-state index is 5.70. The lowest BCUT2D eigenvalue weighted by molar-refractivity contribution is 0.402. The number of ether oxygens (including phenoxy) is 1. The second-order valence-electron chi connectivity index (χ2n) is 5.80. The normalized spacial score (nSPS) is 15.0. The minimum atomic E-state index is 0.217. The van der Waals surface area contributed by atoms with Crippen LogP contribution in [0, 0.1) is 13.8 Å². The summed E-state index contributed by atoms with van der Waals surface area (Å²) >= 11 is 1.96. The van der Waals surface area contributed by atoms with Crippen LogP contribution in [0.3, 0.4) is 0 Å². The molecule has 0 spiro atoms. The molecule has 1 unspecified atom stereocenters. The zero-order chi connectivity index (χ0) is 15.0. The highest BCUT2D eigenvalue weighted by Gasteiger charge is 2.23. The highest BCUT2D eigenvalue weighted by Crippen LogP contribution is 2.39. The Bertz CT molecular complexity index is 638. The summed E-state index contributed by atoms with van der Waals surface area (Å²) in [6.07, 6.45) is 3.81. The van der Waals surface area contributed by atoms with Crippen LogP contribution in [0.4, 0.5) is 0 Å². The number of hydrogen-bond donors (Lipinski definition) is 1. The van der Waals surface area contributed by atoms with Crippen molar-refractivity contribution in [3.8, 4) is 5.75 Å². The van der Waals surface area contributed by atoms with Crippen molar-refractivity contribution in [3.05, 3.63) is 50.2 Å². The van der Waals surface area contributed by atoms with E-state index in [4.69, 9.17) is 4.74 Å². The molecule has 0 aliphatic heterocycles. The van der Waals surface area contributed by atoms with E-state index in [0.717, 1.165) is 5.75 Å². The fourth-order valence-corrected chi connectivity index (χ4v) is 4.64. The predicted octanol–water partition coefficient (Wildman–Crippen LogP) is 4.17. The summed E-state index contributed by atoms with van der Waals surface area (Å²) < 4.78 is 5.70. The van der Waals surface area contributed by atoms with Crippen LogP contribution in [0.1, 0.15) is 44.5 Å². The van der Waals surface area contributed by atoms with Gasteiger partial charge in [0.25, 0.3) is 0 Å². The van der Waals surface area contributed by atoms with E-state index in [1.807, 2.05) is 18.4 Å². The molecule has 3 heteroatoms. The molecule has 3 rings (SSSR count). The van der Waals surface area contributed by atoms with Crippen LogP contribution in [0.2, 0.25) is 0 Å². The number of hydrogen-bond acceptors (Lipinski definition) is 3. The number of rotatable bonds is 4. The molecule has 0 saturated heterocycles. The molecule has 0 radical (unpaired) electrons. The van der Waals surface area contributed by atoms with Gasteiger partial charge in [-0.15, -0.1) is 11.3 Å². The Morgan fingerprint density at radius 3 is 2.71 bits per heavy atom. The topological polar surface area (TPSA) is 21.3 Å². The van der Waals surface area contributed by atoms with Crippen molar-refractivity contribution >= 4 is 11.3 Å². The number of nitrogens with one attached hydrogen (secondary N) is 1. The minimum Gasteiger partial charge on any atom is -0.496 e. The first-order valence-electron chi connectivity index (χ1n) is 7.58. The Kier molecular flexibility index (Phi) is 4.05. The van der Waals surface area contributed by atoms with Crippen LogP contribution in [0.15, 0.2) is 18.2 Å². The van der Waals surface area contributed by atoms with Gasteiger partial charge in [-0.3, -0.25) is 0 Å². The average molecular weight is 301 g/mol. The SMILES string of the molecule is CNC(c1cc2c(s1)CCC2)c1ccc(C)c(C)c1OC. The molecule has 1 aromatic carbocycles. The van der Waals surface area contributed by atoms with Crippen molar-refractivity contribution in [2.75, 3.05) is 14.2 Å². The first kappa shape index (κ1) is 14.6. The van der Waals surface area contributed by atoms with E-state index in [9.17, 15) is 0 Å². The van der Waals surface area contributed by atoms with Gasteiger partial charge in [0.15, 0.2) is 0 Å². The first-order chi connectivity index (χ1) is 10.2. The van der Waals surface area contributed by atoms with Crippen molar-refractivity contribution in [1.29, 1.82) is 0 Å². The fourth-order valence-electron chi connectivity index (χ4n) is 3.25. The molecule has 2 aromatic rings. The Labute approximate surface area is 131 Å². The summed E-state index contributed by atoms with van der Waals surface area (Å²) in [5, 5.41) is 3.48. The van der Waals surface area contributed by atoms with Crippen molar-refractivity contribution in [2.45, 2.75) is 39.2 Å². The maximum Gasteiger partial charge on any atom is 0.127 e. The second-order valence-corrected chi connectivity index (χ2v) is 6.97. The summed E-state index contributed by atoms with van der Waals surface area (Å²) in [6.45, 7) is 4.27. The lowest BCUT2D eigenvalue weighted by Gasteiger charge is -2.21. The van der Waals surface area contributed by atoms with Gasteiger partial charge < -0.3 is 10.1 Å². The van der Waals surface area contributed by atoms with Crippen LogP contribution in [-0.2, 0) is 12.8 Å². The van der Waals surface area contributed by atoms with Gasteiger partial charge in [0.1, 0.15) is 5.75 Å². The third-order valence-corrected chi connectivity index (χ3v) is 5.86. The van der Waals surface area contributed by atoms with E-state index >= 15 is 0 Å². The fraction of sp³-hybridized carbons (Fsp3) is 0.444. The zero-order valence-electron chi connectivity index (χ0n) is 13.2. The van der Waals surface area contributed by atoms with Gasteiger partial charge in [0.2, 0.25) is 0 Å². The van der Waals surface area contributed by atoms with Crippen LogP contribution < -0.4 is 10.1 Å². The van der Waals surface area contributed by atoms with E-state index in [1.54, 1.807) is 17.6 Å². The average Bonchev–Trinajstić information content (AvgIpc) is 3.05. The highest BCUT2D eigenvalue weighted by molar-refractivity contribution is 7.12. The molecule has 1 atom stereocenters. The van der Waals surface area contributed by atoms with Crippen molar-refractivity contribution in [1.82, 2.24) is 5.32 Å². The Hall–Kier alpha value is -1.32. The second kappa shape index (κ2) is 5.82. The Balaban J connectivity index is 2.05. The molecule has 1 heterocycles. The molecule has 2 nitrogen and oxygen atoms in total. The van der Waals surface area contributed by atoms with Crippen molar-refractivity contribution in [2.24, 2.45) is 0 Å². The lowest BCUT2D eigenvalue weighted by atomic mass is 9.98. The van der Waals surface area contributed by atoms with E-state index in [1.165, 1.54) is 40.8 Å². The minimum absolute atomic E-state index is 0.217. The third-order valence-electron chi connectivity index (χ3n) is 4.56. The van der Waals surface area contributed by atoms with Gasteiger partial charge in [-0.1, -0.05) is 12.1 Å². The molecule has 0 amide bonds. The van der Waals surface area contributed by atoms with Gasteiger partial charge in [-0.25, -0.2) is 0 Å². The number of thiophene rings is 1. The molecule has 1 aromatic heterocycles. The van der Waals surface area contributed by atoms with Gasteiger partial charge >= 0.3 is 0 Å². The standard InChI is InChI=1S/C18H23NOS/c1-11-8-9-14(18(20-4)12(11)2)17(19-3)16-10-13-6-5-7-15(13)21-16/h8-10,17,19H,5-7H2,1-4H3. The number of fused-ring (bicyclic) bond motifs is 1. The molecule has 1 aliphatic rings. The number of benzene rings is 1. The van der Waals surface area contributed by atoms with E-state index in [-0.39, 0.29) is 6.04 Å². The molecule has 0 fully saturated rings. The zero-order valence-corrected chi connectivity index (χ0v) is 14.1. The summed E-state index contributed by atoms with van der Waals surface area (Å²) in [4.78, 5) is 2.98. The van der Waals surface area contributed by atoms with Crippen molar-refractivity contribution < 1.29 is 4.74 Å². The largest absolute Gasteiger partial charge is 0.496 e. The Morgan fingerprint density at radius 2 is 2.05 bits per heavy atom. The summed E-state index contributed by atoms with van der Waals surface area (Å²) in [5.74, 6) is 1.02. The van der Waals surface area contributed by atoms with Crippen LogP contribution >= 0.6 is 11.3 Å². The molecule has 0 bridgehead atoms. The van der Waals surface area contributed by atoms with Crippen LogP contribution in [-0.4, -0.2) is 14.2 Å². The number of aryl methyl sites for hydroxylation is 3.